The number of hydrogen-bond acceptors (Lipinski definition) is 4. The van der Waals surface area contributed by atoms with Gasteiger partial charge in [0, 0.05) is 11.6 Å². The summed E-state index contributed by atoms with van der Waals surface area (Å²) in [6.07, 6.45) is 0. The summed E-state index contributed by atoms with van der Waals surface area (Å²) in [5.74, 6) is 0. The van der Waals surface area contributed by atoms with Gasteiger partial charge in [-0.15, -0.1) is 0 Å². The maximum atomic E-state index is 10.9. The second-order valence-corrected chi connectivity index (χ2v) is 4.41. The Morgan fingerprint density at radius 3 is 2.50 bits per heavy atom. The van der Waals surface area contributed by atoms with Crippen LogP contribution in [0, 0.1) is 15.6 Å². The average molecular weight is 221 g/mol. The molecule has 0 aliphatic rings. The van der Waals surface area contributed by atoms with Crippen LogP contribution in [0.5, 0.6) is 0 Å². The van der Waals surface area contributed by atoms with Crippen molar-refractivity contribution in [1.82, 2.24) is 4.91 Å². The molecular weight excluding hydrogens is 208 g/mol. The molecule has 1 N–H and O–H groups in total. The van der Waals surface area contributed by atoms with Crippen molar-refractivity contribution in [2.75, 3.05) is 0 Å². The maximum Gasteiger partial charge on any atom is 0.275 e. The first kappa shape index (κ1) is 12.0. The fourth-order valence-electron chi connectivity index (χ4n) is 1.43. The van der Waals surface area contributed by atoms with Crippen LogP contribution < -0.4 is 4.91 Å². The SMILES string of the molecule is CC(C)(C)c1ccc(N=[N+]=N)cc1[N+](=O)[O-]. The van der Waals surface area contributed by atoms with Crippen LogP contribution in [0.15, 0.2) is 23.3 Å². The van der Waals surface area contributed by atoms with Gasteiger partial charge in [0.05, 0.1) is 4.92 Å². The third-order valence-corrected chi connectivity index (χ3v) is 2.15. The van der Waals surface area contributed by atoms with Crippen LogP contribution in [0.4, 0.5) is 11.4 Å². The molecule has 6 heteroatoms. The number of rotatable bonds is 2. The molecule has 0 aliphatic heterocycles. The highest BCUT2D eigenvalue weighted by molar-refractivity contribution is 5.54. The van der Waals surface area contributed by atoms with Crippen molar-refractivity contribution < 1.29 is 4.92 Å². The quantitative estimate of drug-likeness (QED) is 0.359. The van der Waals surface area contributed by atoms with E-state index in [9.17, 15) is 10.1 Å². The van der Waals surface area contributed by atoms with Crippen LogP contribution in [0.25, 0.3) is 0 Å². The molecule has 0 bridgehead atoms. The molecule has 0 heterocycles. The molecule has 0 atom stereocenters. The van der Waals surface area contributed by atoms with Crippen LogP contribution in [-0.4, -0.2) is 4.92 Å². The second-order valence-electron chi connectivity index (χ2n) is 4.41. The zero-order chi connectivity index (χ0) is 12.3. The van der Waals surface area contributed by atoms with E-state index >= 15 is 0 Å². The van der Waals surface area contributed by atoms with E-state index in [0.717, 1.165) is 0 Å². The van der Waals surface area contributed by atoms with E-state index in [4.69, 9.17) is 5.53 Å². The lowest BCUT2D eigenvalue weighted by Crippen LogP contribution is -2.13. The van der Waals surface area contributed by atoms with E-state index in [2.05, 4.69) is 10.0 Å². The lowest BCUT2D eigenvalue weighted by Gasteiger charge is -2.18. The van der Waals surface area contributed by atoms with E-state index in [1.165, 1.54) is 6.07 Å². The van der Waals surface area contributed by atoms with Crippen LogP contribution >= 0.6 is 0 Å². The average Bonchev–Trinajstić information content (AvgIpc) is 2.16. The van der Waals surface area contributed by atoms with E-state index in [1.54, 1.807) is 12.1 Å². The van der Waals surface area contributed by atoms with Gasteiger partial charge in [-0.3, -0.25) is 10.1 Å². The van der Waals surface area contributed by atoms with Gasteiger partial charge in [0.2, 0.25) is 4.91 Å². The predicted octanol–water partition coefficient (Wildman–Crippen LogP) is 3.07. The fourth-order valence-corrected chi connectivity index (χ4v) is 1.43. The highest BCUT2D eigenvalue weighted by Crippen LogP contribution is 2.33. The topological polar surface area (TPSA) is 93.5 Å². The first-order chi connectivity index (χ1) is 7.36. The van der Waals surface area contributed by atoms with E-state index < -0.39 is 4.92 Å². The smallest absolute Gasteiger partial charge is 0.258 e. The van der Waals surface area contributed by atoms with E-state index in [-0.39, 0.29) is 11.1 Å². The third-order valence-electron chi connectivity index (χ3n) is 2.15. The van der Waals surface area contributed by atoms with Crippen LogP contribution in [0.1, 0.15) is 26.3 Å². The molecule has 0 spiro atoms. The predicted molar refractivity (Wildman–Crippen MR) is 58.7 cm³/mol. The molecule has 16 heavy (non-hydrogen) atoms. The van der Waals surface area contributed by atoms with Crippen molar-refractivity contribution in [2.45, 2.75) is 26.2 Å². The molecule has 0 amide bonds. The minimum atomic E-state index is -0.441. The van der Waals surface area contributed by atoms with Crippen LogP contribution in [-0.2, 0) is 5.41 Å². The molecule has 0 saturated carbocycles. The van der Waals surface area contributed by atoms with Gasteiger partial charge < -0.3 is 0 Å². The molecule has 0 unspecified atom stereocenters. The minimum absolute atomic E-state index is 0.0115. The van der Waals surface area contributed by atoms with Crippen molar-refractivity contribution in [2.24, 2.45) is 5.11 Å². The summed E-state index contributed by atoms with van der Waals surface area (Å²) >= 11 is 0. The summed E-state index contributed by atoms with van der Waals surface area (Å²) < 4.78 is 0. The molecular formula is C10H13N4O2+. The number of nitrogens with zero attached hydrogens (tertiary/aromatic N) is 3. The maximum absolute atomic E-state index is 10.9. The van der Waals surface area contributed by atoms with E-state index in [1.807, 2.05) is 20.8 Å². The Kier molecular flexibility index (Phi) is 3.15. The van der Waals surface area contributed by atoms with Crippen molar-refractivity contribution >= 4 is 11.4 Å². The van der Waals surface area contributed by atoms with E-state index in [0.29, 0.717) is 11.3 Å². The van der Waals surface area contributed by atoms with Crippen molar-refractivity contribution in [3.05, 3.63) is 33.9 Å². The Hall–Kier alpha value is -2.07. The molecule has 6 nitrogen and oxygen atoms in total. The zero-order valence-electron chi connectivity index (χ0n) is 9.39. The summed E-state index contributed by atoms with van der Waals surface area (Å²) in [4.78, 5) is 13.3. The number of nitrogens with one attached hydrogen (secondary N) is 1. The molecule has 0 fully saturated rings. The fraction of sp³-hybridized carbons (Fsp3) is 0.400. The first-order valence-corrected chi connectivity index (χ1v) is 4.72. The van der Waals surface area contributed by atoms with Gasteiger partial charge in [-0.25, -0.2) is 0 Å². The van der Waals surface area contributed by atoms with Gasteiger partial charge in [-0.2, -0.15) is 0 Å². The number of hydrogen-bond donors (Lipinski definition) is 1. The summed E-state index contributed by atoms with van der Waals surface area (Å²) in [7, 11) is 0. The van der Waals surface area contributed by atoms with Crippen LogP contribution in [0.2, 0.25) is 0 Å². The largest absolute Gasteiger partial charge is 0.275 e. The first-order valence-electron chi connectivity index (χ1n) is 4.72. The highest BCUT2D eigenvalue weighted by Gasteiger charge is 2.25. The highest BCUT2D eigenvalue weighted by atomic mass is 16.6. The third kappa shape index (κ3) is 2.49. The van der Waals surface area contributed by atoms with Crippen LogP contribution in [0.3, 0.4) is 0 Å². The lowest BCUT2D eigenvalue weighted by atomic mass is 9.86. The normalized spacial score (nSPS) is 10.7. The van der Waals surface area contributed by atoms with Crippen molar-refractivity contribution in [3.63, 3.8) is 0 Å². The standard InChI is InChI=1S/C10H13N4O2/c1-10(2,3)8-5-4-7(12-13-11)6-9(8)14(15)16/h4-6,11H,1-3H3/q+1. The molecule has 84 valence electrons. The van der Waals surface area contributed by atoms with Gasteiger partial charge in [0.25, 0.3) is 5.69 Å². The van der Waals surface area contributed by atoms with Gasteiger partial charge in [0.1, 0.15) is 5.53 Å². The lowest BCUT2D eigenvalue weighted by molar-refractivity contribution is -0.385. The summed E-state index contributed by atoms with van der Waals surface area (Å²) in [5.41, 5.74) is 7.24. The number of benzene rings is 1. The van der Waals surface area contributed by atoms with Gasteiger partial charge >= 0.3 is 0 Å². The molecule has 0 radical (unpaired) electrons. The summed E-state index contributed by atoms with van der Waals surface area (Å²) in [6, 6.07) is 4.60. The van der Waals surface area contributed by atoms with Gasteiger partial charge in [-0.1, -0.05) is 20.8 Å². The van der Waals surface area contributed by atoms with Gasteiger partial charge in [0.15, 0.2) is 10.8 Å². The summed E-state index contributed by atoms with van der Waals surface area (Å²) in [5, 5.41) is 14.4. The monoisotopic (exact) mass is 221 g/mol. The Bertz CT molecular complexity index is 470. The van der Waals surface area contributed by atoms with Crippen molar-refractivity contribution in [1.29, 1.82) is 5.53 Å². The number of nitro benzene ring substituents is 1. The molecule has 0 aromatic heterocycles. The molecule has 0 saturated heterocycles. The minimum Gasteiger partial charge on any atom is -0.258 e. The van der Waals surface area contributed by atoms with Crippen molar-refractivity contribution in [3.8, 4) is 0 Å². The molecule has 0 aliphatic carbocycles. The molecule has 1 rings (SSSR count). The summed E-state index contributed by atoms with van der Waals surface area (Å²) in [6.45, 7) is 5.71. The molecule has 1 aromatic carbocycles. The zero-order valence-corrected chi connectivity index (χ0v) is 9.39. The Morgan fingerprint density at radius 2 is 2.06 bits per heavy atom. The van der Waals surface area contributed by atoms with Gasteiger partial charge in [-0.05, 0) is 17.5 Å². The Labute approximate surface area is 92.7 Å². The number of nitro groups is 1. The Morgan fingerprint density at radius 1 is 1.44 bits per heavy atom. The second kappa shape index (κ2) is 4.20. The molecule has 1 aromatic rings. The Balaban J connectivity index is 3.42.